The Labute approximate surface area is 163 Å². The van der Waals surface area contributed by atoms with Gasteiger partial charge in [-0.15, -0.1) is 0 Å². The molecule has 5 heteroatoms. The van der Waals surface area contributed by atoms with Crippen LogP contribution in [0.5, 0.6) is 5.75 Å². The molecule has 0 bridgehead atoms. The molecule has 2 aromatic rings. The van der Waals surface area contributed by atoms with E-state index in [1.54, 1.807) is 12.1 Å². The number of likely N-dealkylation sites (N-methyl/N-ethyl adjacent to an activating group) is 1. The van der Waals surface area contributed by atoms with Crippen LogP contribution in [0.15, 0.2) is 46.9 Å². The Balaban J connectivity index is 1.59. The van der Waals surface area contributed by atoms with Crippen molar-refractivity contribution in [2.75, 3.05) is 19.6 Å². The number of hydrogen-bond donors (Lipinski definition) is 1. The van der Waals surface area contributed by atoms with E-state index < -0.39 is 0 Å². The highest BCUT2D eigenvalue weighted by molar-refractivity contribution is 9.10. The van der Waals surface area contributed by atoms with Gasteiger partial charge >= 0.3 is 0 Å². The minimum Gasteiger partial charge on any atom is -0.488 e. The second-order valence-corrected chi connectivity index (χ2v) is 7.60. The van der Waals surface area contributed by atoms with E-state index in [4.69, 9.17) is 4.74 Å². The number of ether oxygens (including phenoxy) is 1. The van der Waals surface area contributed by atoms with Crippen LogP contribution in [-0.4, -0.2) is 30.6 Å². The van der Waals surface area contributed by atoms with Gasteiger partial charge in [-0.05, 0) is 50.2 Å². The van der Waals surface area contributed by atoms with Gasteiger partial charge in [-0.1, -0.05) is 41.1 Å². The van der Waals surface area contributed by atoms with Gasteiger partial charge in [-0.2, -0.15) is 0 Å². The number of likely N-dealkylation sites (tertiary alicyclic amines) is 1. The molecule has 1 unspecified atom stereocenters. The monoisotopic (exact) mass is 420 g/mol. The van der Waals surface area contributed by atoms with Gasteiger partial charge in [0.25, 0.3) is 0 Å². The summed E-state index contributed by atoms with van der Waals surface area (Å²) in [7, 11) is 0. The standard InChI is InChI=1S/C21H26BrFN2O/c1-2-25-11-5-7-19(25)14-24-13-17-12-18(22)9-10-21(17)26-15-16-6-3-4-8-20(16)23/h3-4,6,8-10,12,19,24H,2,5,7,11,13-15H2,1H3. The minimum absolute atomic E-state index is 0.230. The number of nitrogens with zero attached hydrogens (tertiary/aromatic N) is 1. The van der Waals surface area contributed by atoms with Crippen LogP contribution in [-0.2, 0) is 13.2 Å². The average molecular weight is 421 g/mol. The molecule has 2 aromatic carbocycles. The van der Waals surface area contributed by atoms with Crippen LogP contribution < -0.4 is 10.1 Å². The lowest BCUT2D eigenvalue weighted by molar-refractivity contribution is 0.258. The Bertz CT molecular complexity index is 725. The van der Waals surface area contributed by atoms with Crippen LogP contribution in [0.3, 0.4) is 0 Å². The highest BCUT2D eigenvalue weighted by atomic mass is 79.9. The molecule has 0 saturated carbocycles. The molecule has 0 radical (unpaired) electrons. The van der Waals surface area contributed by atoms with E-state index in [9.17, 15) is 4.39 Å². The first-order chi connectivity index (χ1) is 12.7. The summed E-state index contributed by atoms with van der Waals surface area (Å²) >= 11 is 3.53. The Kier molecular flexibility index (Phi) is 7.06. The quantitative estimate of drug-likeness (QED) is 0.667. The molecule has 1 aliphatic heterocycles. The van der Waals surface area contributed by atoms with Crippen molar-refractivity contribution >= 4 is 15.9 Å². The molecule has 26 heavy (non-hydrogen) atoms. The van der Waals surface area contributed by atoms with E-state index in [2.05, 4.69) is 39.1 Å². The lowest BCUT2D eigenvalue weighted by atomic mass is 10.1. The minimum atomic E-state index is -0.231. The molecular weight excluding hydrogens is 395 g/mol. The zero-order valence-electron chi connectivity index (χ0n) is 15.2. The third-order valence-corrected chi connectivity index (χ3v) is 5.46. The number of halogens is 2. The topological polar surface area (TPSA) is 24.5 Å². The SMILES string of the molecule is CCN1CCCC1CNCc1cc(Br)ccc1OCc1ccccc1F. The van der Waals surface area contributed by atoms with Gasteiger partial charge < -0.3 is 10.1 Å². The highest BCUT2D eigenvalue weighted by Crippen LogP contribution is 2.25. The smallest absolute Gasteiger partial charge is 0.129 e. The fourth-order valence-corrected chi connectivity index (χ4v) is 3.92. The van der Waals surface area contributed by atoms with Crippen molar-refractivity contribution in [2.45, 2.75) is 39.0 Å². The van der Waals surface area contributed by atoms with Gasteiger partial charge in [0.15, 0.2) is 0 Å². The van der Waals surface area contributed by atoms with E-state index >= 15 is 0 Å². The van der Waals surface area contributed by atoms with Gasteiger partial charge in [0.05, 0.1) is 0 Å². The Morgan fingerprint density at radius 2 is 2.08 bits per heavy atom. The summed E-state index contributed by atoms with van der Waals surface area (Å²) in [6.07, 6.45) is 2.55. The first-order valence-corrected chi connectivity index (χ1v) is 10.1. The van der Waals surface area contributed by atoms with Gasteiger partial charge in [0.2, 0.25) is 0 Å². The van der Waals surface area contributed by atoms with E-state index in [0.29, 0.717) is 11.6 Å². The number of rotatable bonds is 8. The molecule has 0 aliphatic carbocycles. The van der Waals surface area contributed by atoms with Crippen molar-refractivity contribution in [1.82, 2.24) is 10.2 Å². The number of hydrogen-bond acceptors (Lipinski definition) is 3. The lowest BCUT2D eigenvalue weighted by Gasteiger charge is -2.23. The zero-order valence-corrected chi connectivity index (χ0v) is 16.8. The second-order valence-electron chi connectivity index (χ2n) is 6.69. The van der Waals surface area contributed by atoms with E-state index in [1.807, 2.05) is 18.2 Å². The van der Waals surface area contributed by atoms with Gasteiger partial charge in [0.1, 0.15) is 18.2 Å². The number of benzene rings is 2. The first-order valence-electron chi connectivity index (χ1n) is 9.26. The van der Waals surface area contributed by atoms with Crippen LogP contribution in [0, 0.1) is 5.82 Å². The fraction of sp³-hybridized carbons (Fsp3) is 0.429. The number of nitrogens with one attached hydrogen (secondary N) is 1. The van der Waals surface area contributed by atoms with Crippen LogP contribution in [0.25, 0.3) is 0 Å². The molecular formula is C21H26BrFN2O. The van der Waals surface area contributed by atoms with Crippen molar-refractivity contribution in [3.05, 3.63) is 63.9 Å². The molecule has 3 rings (SSSR count). The zero-order chi connectivity index (χ0) is 18.4. The van der Waals surface area contributed by atoms with Crippen LogP contribution >= 0.6 is 15.9 Å². The average Bonchev–Trinajstić information content (AvgIpc) is 3.10. The van der Waals surface area contributed by atoms with Gasteiger partial charge in [-0.3, -0.25) is 4.90 Å². The van der Waals surface area contributed by atoms with Crippen molar-refractivity contribution in [1.29, 1.82) is 0 Å². The van der Waals surface area contributed by atoms with Crippen molar-refractivity contribution < 1.29 is 9.13 Å². The Morgan fingerprint density at radius 3 is 2.88 bits per heavy atom. The van der Waals surface area contributed by atoms with Crippen LogP contribution in [0.4, 0.5) is 4.39 Å². The Morgan fingerprint density at radius 1 is 1.23 bits per heavy atom. The van der Waals surface area contributed by atoms with Gasteiger partial charge in [-0.25, -0.2) is 4.39 Å². The summed E-state index contributed by atoms with van der Waals surface area (Å²) in [5, 5.41) is 3.57. The van der Waals surface area contributed by atoms with Gasteiger partial charge in [0, 0.05) is 34.7 Å². The van der Waals surface area contributed by atoms with Crippen LogP contribution in [0.1, 0.15) is 30.9 Å². The maximum Gasteiger partial charge on any atom is 0.129 e. The summed E-state index contributed by atoms with van der Waals surface area (Å²) in [5.41, 5.74) is 1.65. The molecule has 1 atom stereocenters. The van der Waals surface area contributed by atoms with E-state index in [1.165, 1.54) is 25.5 Å². The third kappa shape index (κ3) is 5.06. The first kappa shape index (κ1) is 19.3. The molecule has 0 aromatic heterocycles. The molecule has 140 valence electrons. The fourth-order valence-electron chi connectivity index (χ4n) is 3.51. The van der Waals surface area contributed by atoms with Crippen molar-refractivity contribution in [3.63, 3.8) is 0 Å². The van der Waals surface area contributed by atoms with E-state index in [-0.39, 0.29) is 12.4 Å². The van der Waals surface area contributed by atoms with Crippen molar-refractivity contribution in [3.8, 4) is 5.75 Å². The molecule has 1 heterocycles. The molecule has 1 N–H and O–H groups in total. The molecule has 1 fully saturated rings. The summed E-state index contributed by atoms with van der Waals surface area (Å²) < 4.78 is 20.7. The second kappa shape index (κ2) is 9.49. The summed E-state index contributed by atoms with van der Waals surface area (Å²) in [6.45, 7) is 6.49. The van der Waals surface area contributed by atoms with Crippen LogP contribution in [0.2, 0.25) is 0 Å². The maximum absolute atomic E-state index is 13.8. The molecule has 0 spiro atoms. The third-order valence-electron chi connectivity index (χ3n) is 4.96. The summed E-state index contributed by atoms with van der Waals surface area (Å²) in [4.78, 5) is 2.53. The van der Waals surface area contributed by atoms with E-state index in [0.717, 1.165) is 35.4 Å². The predicted octanol–water partition coefficient (Wildman–Crippen LogP) is 4.74. The van der Waals surface area contributed by atoms with Crippen molar-refractivity contribution in [2.24, 2.45) is 0 Å². The molecule has 0 amide bonds. The normalized spacial score (nSPS) is 17.6. The summed E-state index contributed by atoms with van der Waals surface area (Å²) in [6, 6.07) is 13.3. The largest absolute Gasteiger partial charge is 0.488 e. The molecule has 1 saturated heterocycles. The summed E-state index contributed by atoms with van der Waals surface area (Å²) in [5.74, 6) is 0.563. The Hall–Kier alpha value is -1.43. The highest BCUT2D eigenvalue weighted by Gasteiger charge is 2.22. The molecule has 3 nitrogen and oxygen atoms in total. The maximum atomic E-state index is 13.8. The predicted molar refractivity (Wildman–Crippen MR) is 107 cm³/mol. The molecule has 1 aliphatic rings. The lowest BCUT2D eigenvalue weighted by Crippen LogP contribution is -2.37.